The lowest BCUT2D eigenvalue weighted by Crippen LogP contribution is -2.29. The molecule has 4 N–H and O–H groups in total. The molecule has 106 valence electrons. The van der Waals surface area contributed by atoms with Crippen molar-refractivity contribution in [1.82, 2.24) is 20.2 Å². The lowest BCUT2D eigenvalue weighted by molar-refractivity contribution is 0.565. The minimum absolute atomic E-state index is 0.183. The third kappa shape index (κ3) is 2.57. The fourth-order valence-electron chi connectivity index (χ4n) is 2.38. The minimum Gasteiger partial charge on any atom is -0.339 e. The number of nitrogens with one attached hydrogen (secondary N) is 2. The number of hydrogen-bond donors (Lipinski definition) is 3. The zero-order valence-electron chi connectivity index (χ0n) is 11.7. The highest BCUT2D eigenvalue weighted by Crippen LogP contribution is 2.22. The first-order valence-corrected chi connectivity index (χ1v) is 6.74. The van der Waals surface area contributed by atoms with E-state index in [9.17, 15) is 0 Å². The van der Waals surface area contributed by atoms with Crippen molar-refractivity contribution in [3.8, 4) is 0 Å². The van der Waals surface area contributed by atoms with Crippen LogP contribution in [0.4, 0.5) is 17.6 Å². The highest BCUT2D eigenvalue weighted by Gasteiger charge is 2.28. The van der Waals surface area contributed by atoms with Crippen molar-refractivity contribution in [2.45, 2.75) is 19.9 Å². The molecule has 0 amide bonds. The molecule has 0 radical (unpaired) electrons. The average Bonchev–Trinajstić information content (AvgIpc) is 3.00. The first kappa shape index (κ1) is 12.9. The third-order valence-corrected chi connectivity index (χ3v) is 3.56. The normalized spacial score (nSPS) is 22.2. The number of aromatic amines is 1. The molecule has 1 saturated heterocycles. The van der Waals surface area contributed by atoms with Gasteiger partial charge in [-0.2, -0.15) is 10.1 Å². The van der Waals surface area contributed by atoms with Crippen LogP contribution in [0.3, 0.4) is 0 Å². The van der Waals surface area contributed by atoms with E-state index in [4.69, 9.17) is 5.73 Å². The Morgan fingerprint density at radius 2 is 2.25 bits per heavy atom. The summed E-state index contributed by atoms with van der Waals surface area (Å²) in [6.45, 7) is 5.81. The van der Waals surface area contributed by atoms with Gasteiger partial charge in [-0.15, -0.1) is 0 Å². The van der Waals surface area contributed by atoms with E-state index in [-0.39, 0.29) is 6.04 Å². The number of anilines is 3. The van der Waals surface area contributed by atoms with Crippen LogP contribution in [0.5, 0.6) is 0 Å². The van der Waals surface area contributed by atoms with Gasteiger partial charge in [-0.05, 0) is 12.8 Å². The van der Waals surface area contributed by atoms with Crippen molar-refractivity contribution < 1.29 is 0 Å². The maximum atomic E-state index is 6.07. The molecule has 7 nitrogen and oxygen atoms in total. The van der Waals surface area contributed by atoms with Crippen LogP contribution in [-0.4, -0.2) is 39.3 Å². The zero-order valence-corrected chi connectivity index (χ0v) is 11.7. The summed E-state index contributed by atoms with van der Waals surface area (Å²) in [4.78, 5) is 11.2. The number of rotatable bonds is 3. The third-order valence-electron chi connectivity index (χ3n) is 3.56. The van der Waals surface area contributed by atoms with E-state index < -0.39 is 0 Å². The second kappa shape index (κ2) is 5.09. The van der Waals surface area contributed by atoms with Gasteiger partial charge in [0.2, 0.25) is 5.95 Å². The summed E-state index contributed by atoms with van der Waals surface area (Å²) in [6.07, 6.45) is 1.69. The van der Waals surface area contributed by atoms with Crippen LogP contribution in [-0.2, 0) is 0 Å². The number of nitrogens with two attached hydrogens (primary N) is 1. The molecular weight excluding hydrogens is 254 g/mol. The molecule has 0 bridgehead atoms. The lowest BCUT2D eigenvalue weighted by Gasteiger charge is -2.17. The molecule has 3 rings (SSSR count). The van der Waals surface area contributed by atoms with Crippen molar-refractivity contribution in [2.75, 3.05) is 23.3 Å². The van der Waals surface area contributed by atoms with Crippen LogP contribution >= 0.6 is 0 Å². The predicted octanol–water partition coefficient (Wildman–Crippen LogP) is 1.04. The van der Waals surface area contributed by atoms with Gasteiger partial charge in [0.05, 0.1) is 6.20 Å². The van der Waals surface area contributed by atoms with Crippen molar-refractivity contribution in [1.29, 1.82) is 0 Å². The Labute approximate surface area is 117 Å². The number of aryl methyl sites for hydroxylation is 1. The van der Waals surface area contributed by atoms with Gasteiger partial charge in [-0.1, -0.05) is 6.92 Å². The summed E-state index contributed by atoms with van der Waals surface area (Å²) < 4.78 is 0. The summed E-state index contributed by atoms with van der Waals surface area (Å²) in [5.74, 6) is 2.75. The Kier molecular flexibility index (Phi) is 3.27. The molecule has 0 saturated carbocycles. The van der Waals surface area contributed by atoms with Crippen LogP contribution in [0.1, 0.15) is 12.6 Å². The van der Waals surface area contributed by atoms with E-state index in [2.05, 4.69) is 37.3 Å². The van der Waals surface area contributed by atoms with Gasteiger partial charge in [0.1, 0.15) is 11.6 Å². The molecule has 7 heteroatoms. The fourth-order valence-corrected chi connectivity index (χ4v) is 2.38. The Morgan fingerprint density at radius 3 is 2.90 bits per heavy atom. The van der Waals surface area contributed by atoms with E-state index in [1.165, 1.54) is 0 Å². The molecule has 1 aliphatic heterocycles. The number of H-pyrrole nitrogens is 1. The van der Waals surface area contributed by atoms with Crippen LogP contribution < -0.4 is 16.0 Å². The largest absolute Gasteiger partial charge is 0.339 e. The second-order valence-electron chi connectivity index (χ2n) is 5.34. The smallest absolute Gasteiger partial charge is 0.227 e. The molecular formula is C13H19N7. The first-order chi connectivity index (χ1) is 9.61. The second-order valence-corrected chi connectivity index (χ2v) is 5.34. The molecule has 2 aromatic heterocycles. The molecule has 20 heavy (non-hydrogen) atoms. The highest BCUT2D eigenvalue weighted by molar-refractivity contribution is 5.53. The molecule has 0 unspecified atom stereocenters. The van der Waals surface area contributed by atoms with Crippen molar-refractivity contribution >= 4 is 17.6 Å². The summed E-state index contributed by atoms with van der Waals surface area (Å²) in [6, 6.07) is 3.94. The Balaban J connectivity index is 1.83. The highest BCUT2D eigenvalue weighted by atomic mass is 15.3. The van der Waals surface area contributed by atoms with Crippen LogP contribution in [0.15, 0.2) is 18.3 Å². The minimum atomic E-state index is 0.183. The van der Waals surface area contributed by atoms with Crippen LogP contribution in [0.25, 0.3) is 0 Å². The average molecular weight is 273 g/mol. The van der Waals surface area contributed by atoms with Gasteiger partial charge in [0, 0.05) is 37.0 Å². The van der Waals surface area contributed by atoms with Gasteiger partial charge >= 0.3 is 0 Å². The van der Waals surface area contributed by atoms with E-state index in [0.717, 1.165) is 36.4 Å². The van der Waals surface area contributed by atoms with E-state index in [1.54, 1.807) is 6.20 Å². The topological polar surface area (TPSA) is 95.8 Å². The Hall–Kier alpha value is -2.15. The zero-order chi connectivity index (χ0) is 14.1. The van der Waals surface area contributed by atoms with Crippen LogP contribution in [0.2, 0.25) is 0 Å². The number of aromatic nitrogens is 4. The Bertz CT molecular complexity index is 570. The van der Waals surface area contributed by atoms with E-state index in [1.807, 2.05) is 19.1 Å². The summed E-state index contributed by atoms with van der Waals surface area (Å²) in [5, 5.41) is 9.94. The lowest BCUT2D eigenvalue weighted by atomic mass is 10.1. The summed E-state index contributed by atoms with van der Waals surface area (Å²) in [7, 11) is 0. The number of hydrogen-bond acceptors (Lipinski definition) is 6. The fraction of sp³-hybridized carbons (Fsp3) is 0.462. The van der Waals surface area contributed by atoms with Gasteiger partial charge < -0.3 is 16.0 Å². The van der Waals surface area contributed by atoms with E-state index >= 15 is 0 Å². The first-order valence-electron chi connectivity index (χ1n) is 6.74. The van der Waals surface area contributed by atoms with Crippen LogP contribution in [0, 0.1) is 12.8 Å². The monoisotopic (exact) mass is 273 g/mol. The van der Waals surface area contributed by atoms with Gasteiger partial charge in [-0.25, -0.2) is 4.98 Å². The maximum Gasteiger partial charge on any atom is 0.227 e. The summed E-state index contributed by atoms with van der Waals surface area (Å²) >= 11 is 0. The Morgan fingerprint density at radius 1 is 1.40 bits per heavy atom. The molecule has 1 fully saturated rings. The molecule has 1 aliphatic rings. The molecule has 3 heterocycles. The van der Waals surface area contributed by atoms with E-state index in [0.29, 0.717) is 5.92 Å². The van der Waals surface area contributed by atoms with Gasteiger partial charge in [-0.3, -0.25) is 5.10 Å². The SMILES string of the molecule is Cc1cc(Nc2ccn[nH]2)nc(N2C[C@@H](C)[C@H](N)C2)n1. The quantitative estimate of drug-likeness (QED) is 0.773. The molecule has 2 atom stereocenters. The summed E-state index contributed by atoms with van der Waals surface area (Å²) in [5.41, 5.74) is 6.99. The van der Waals surface area contributed by atoms with Crippen molar-refractivity contribution in [3.63, 3.8) is 0 Å². The molecule has 0 aliphatic carbocycles. The van der Waals surface area contributed by atoms with Crippen molar-refractivity contribution in [2.24, 2.45) is 11.7 Å². The molecule has 0 spiro atoms. The number of nitrogens with zero attached hydrogens (tertiary/aromatic N) is 4. The predicted molar refractivity (Wildman–Crippen MR) is 78.0 cm³/mol. The molecule has 0 aromatic carbocycles. The standard InChI is InChI=1S/C13H19N7/c1-8-6-20(7-10(8)14)13-16-9(2)5-12(18-13)17-11-3-4-15-19-11/h3-5,8,10H,6-7,14H2,1-2H3,(H2,15,16,17,18,19)/t8-,10-/m1/s1. The van der Waals surface area contributed by atoms with Gasteiger partial charge in [0.15, 0.2) is 0 Å². The van der Waals surface area contributed by atoms with Gasteiger partial charge in [0.25, 0.3) is 0 Å². The van der Waals surface area contributed by atoms with Crippen molar-refractivity contribution in [3.05, 3.63) is 24.0 Å². The maximum absolute atomic E-state index is 6.07. The molecule has 2 aromatic rings.